The number of aliphatic hydroxyl groups is 1. The standard InChI is InChI=1S/C15H20N2O2/c1-11-9-17-10-12(6-7-14(17)16-11)15(18)8-4-3-5-13(15)19-2/h6-7,9-10,13,18H,3-5,8H2,1-2H3. The summed E-state index contributed by atoms with van der Waals surface area (Å²) in [6.45, 7) is 1.97. The van der Waals surface area contributed by atoms with Crippen LogP contribution in [0.3, 0.4) is 0 Å². The number of hydrogen-bond donors (Lipinski definition) is 1. The molecule has 1 aliphatic rings. The third-order valence-electron chi connectivity index (χ3n) is 4.16. The van der Waals surface area contributed by atoms with Gasteiger partial charge in [-0.05, 0) is 25.8 Å². The van der Waals surface area contributed by atoms with Gasteiger partial charge in [0.1, 0.15) is 11.2 Å². The van der Waals surface area contributed by atoms with Crippen LogP contribution in [-0.2, 0) is 10.3 Å². The van der Waals surface area contributed by atoms with Crippen LogP contribution in [0.1, 0.15) is 36.9 Å². The number of methoxy groups -OCH3 is 1. The first-order valence-electron chi connectivity index (χ1n) is 6.84. The molecule has 0 aromatic carbocycles. The van der Waals surface area contributed by atoms with E-state index in [1.807, 2.05) is 35.9 Å². The average Bonchev–Trinajstić information content (AvgIpc) is 2.78. The molecule has 3 rings (SSSR count). The van der Waals surface area contributed by atoms with Crippen LogP contribution in [0.2, 0.25) is 0 Å². The summed E-state index contributed by atoms with van der Waals surface area (Å²) in [4.78, 5) is 4.41. The highest BCUT2D eigenvalue weighted by Gasteiger charge is 2.41. The Morgan fingerprint density at radius 3 is 3.00 bits per heavy atom. The Bertz CT molecular complexity index is 593. The predicted octanol–water partition coefficient (Wildman–Crippen LogP) is 2.42. The molecular formula is C15H20N2O2. The summed E-state index contributed by atoms with van der Waals surface area (Å²) in [5.41, 5.74) is 1.94. The lowest BCUT2D eigenvalue weighted by Gasteiger charge is -2.39. The molecule has 4 heteroatoms. The minimum atomic E-state index is -0.876. The molecule has 102 valence electrons. The van der Waals surface area contributed by atoms with Crippen LogP contribution in [0.4, 0.5) is 0 Å². The largest absolute Gasteiger partial charge is 0.382 e. The molecule has 1 fully saturated rings. The van der Waals surface area contributed by atoms with E-state index in [1.54, 1.807) is 7.11 Å². The van der Waals surface area contributed by atoms with E-state index in [1.165, 1.54) is 0 Å². The van der Waals surface area contributed by atoms with Gasteiger partial charge in [-0.3, -0.25) is 0 Å². The Morgan fingerprint density at radius 1 is 1.37 bits per heavy atom. The quantitative estimate of drug-likeness (QED) is 0.902. The molecule has 0 radical (unpaired) electrons. The van der Waals surface area contributed by atoms with Gasteiger partial charge >= 0.3 is 0 Å². The van der Waals surface area contributed by atoms with E-state index in [-0.39, 0.29) is 6.10 Å². The van der Waals surface area contributed by atoms with Crippen molar-refractivity contribution in [3.05, 3.63) is 35.8 Å². The van der Waals surface area contributed by atoms with E-state index in [2.05, 4.69) is 4.98 Å². The summed E-state index contributed by atoms with van der Waals surface area (Å²) in [5, 5.41) is 11.0. The van der Waals surface area contributed by atoms with Crippen LogP contribution < -0.4 is 0 Å². The normalized spacial score (nSPS) is 27.8. The van der Waals surface area contributed by atoms with Crippen molar-refractivity contribution >= 4 is 5.65 Å². The molecule has 2 unspecified atom stereocenters. The first kappa shape index (κ1) is 12.6. The zero-order valence-electron chi connectivity index (χ0n) is 11.5. The van der Waals surface area contributed by atoms with E-state index >= 15 is 0 Å². The van der Waals surface area contributed by atoms with Crippen molar-refractivity contribution in [3.63, 3.8) is 0 Å². The number of fused-ring (bicyclic) bond motifs is 1. The van der Waals surface area contributed by atoms with E-state index in [0.717, 1.165) is 42.6 Å². The topological polar surface area (TPSA) is 46.8 Å². The lowest BCUT2D eigenvalue weighted by Crippen LogP contribution is -2.43. The summed E-state index contributed by atoms with van der Waals surface area (Å²) in [6, 6.07) is 3.93. The highest BCUT2D eigenvalue weighted by molar-refractivity contribution is 5.42. The van der Waals surface area contributed by atoms with Gasteiger partial charge < -0.3 is 14.2 Å². The number of pyridine rings is 1. The highest BCUT2D eigenvalue weighted by atomic mass is 16.5. The molecule has 0 bridgehead atoms. The van der Waals surface area contributed by atoms with Gasteiger partial charge in [0.15, 0.2) is 0 Å². The van der Waals surface area contributed by atoms with E-state index in [4.69, 9.17) is 4.74 Å². The van der Waals surface area contributed by atoms with E-state index in [9.17, 15) is 5.11 Å². The fourth-order valence-corrected chi connectivity index (χ4v) is 3.14. The van der Waals surface area contributed by atoms with Gasteiger partial charge in [-0.15, -0.1) is 0 Å². The SMILES string of the molecule is COC1CCCCC1(O)c1ccc2nc(C)cn2c1. The zero-order valence-corrected chi connectivity index (χ0v) is 11.5. The maximum atomic E-state index is 11.0. The number of ether oxygens (including phenoxy) is 1. The molecule has 2 heterocycles. The van der Waals surface area contributed by atoms with Gasteiger partial charge in [0.25, 0.3) is 0 Å². The molecule has 2 aromatic heterocycles. The second kappa shape index (κ2) is 4.62. The van der Waals surface area contributed by atoms with Gasteiger partial charge in [0.2, 0.25) is 0 Å². The summed E-state index contributed by atoms with van der Waals surface area (Å²) in [6.07, 6.45) is 7.66. The van der Waals surface area contributed by atoms with Crippen LogP contribution in [0.5, 0.6) is 0 Å². The highest BCUT2D eigenvalue weighted by Crippen LogP contribution is 2.38. The molecule has 1 N–H and O–H groups in total. The maximum Gasteiger partial charge on any atom is 0.136 e. The third kappa shape index (κ3) is 2.05. The summed E-state index contributed by atoms with van der Waals surface area (Å²) in [7, 11) is 1.68. The minimum Gasteiger partial charge on any atom is -0.382 e. The number of imidazole rings is 1. The Labute approximate surface area is 113 Å². The molecule has 1 aliphatic carbocycles. The average molecular weight is 260 g/mol. The number of rotatable bonds is 2. The molecule has 4 nitrogen and oxygen atoms in total. The number of nitrogens with zero attached hydrogens (tertiary/aromatic N) is 2. The van der Waals surface area contributed by atoms with Crippen molar-refractivity contribution in [2.24, 2.45) is 0 Å². The first-order chi connectivity index (χ1) is 9.13. The monoisotopic (exact) mass is 260 g/mol. The Hall–Kier alpha value is -1.39. The van der Waals surface area contributed by atoms with Crippen molar-refractivity contribution in [3.8, 4) is 0 Å². The smallest absolute Gasteiger partial charge is 0.136 e. The fraction of sp³-hybridized carbons (Fsp3) is 0.533. The predicted molar refractivity (Wildman–Crippen MR) is 73.1 cm³/mol. The molecule has 2 aromatic rings. The molecular weight excluding hydrogens is 240 g/mol. The molecule has 0 aliphatic heterocycles. The van der Waals surface area contributed by atoms with E-state index < -0.39 is 5.60 Å². The molecule has 1 saturated carbocycles. The third-order valence-corrected chi connectivity index (χ3v) is 4.16. The van der Waals surface area contributed by atoms with Crippen LogP contribution in [0, 0.1) is 6.92 Å². The molecule has 0 saturated heterocycles. The van der Waals surface area contributed by atoms with Crippen LogP contribution in [0.15, 0.2) is 24.5 Å². The van der Waals surface area contributed by atoms with Gasteiger partial charge in [-0.25, -0.2) is 4.98 Å². The van der Waals surface area contributed by atoms with Gasteiger partial charge in [0.05, 0.1) is 11.8 Å². The number of aryl methyl sites for hydroxylation is 1. The lowest BCUT2D eigenvalue weighted by atomic mass is 9.78. The van der Waals surface area contributed by atoms with E-state index in [0.29, 0.717) is 0 Å². The minimum absolute atomic E-state index is 0.122. The van der Waals surface area contributed by atoms with Gasteiger partial charge in [-0.2, -0.15) is 0 Å². The fourth-order valence-electron chi connectivity index (χ4n) is 3.14. The van der Waals surface area contributed by atoms with Crippen LogP contribution in [0.25, 0.3) is 5.65 Å². The second-order valence-electron chi connectivity index (χ2n) is 5.46. The summed E-state index contributed by atoms with van der Waals surface area (Å²) in [5.74, 6) is 0. The zero-order chi connectivity index (χ0) is 13.5. The van der Waals surface area contributed by atoms with Crippen molar-refractivity contribution in [2.45, 2.75) is 44.3 Å². The number of hydrogen-bond acceptors (Lipinski definition) is 3. The first-order valence-corrected chi connectivity index (χ1v) is 6.84. The number of aromatic nitrogens is 2. The Morgan fingerprint density at radius 2 is 2.21 bits per heavy atom. The van der Waals surface area contributed by atoms with Crippen molar-refractivity contribution in [1.82, 2.24) is 9.38 Å². The Kier molecular flexibility index (Phi) is 3.07. The van der Waals surface area contributed by atoms with Crippen LogP contribution in [-0.4, -0.2) is 27.7 Å². The van der Waals surface area contributed by atoms with Crippen LogP contribution >= 0.6 is 0 Å². The molecule has 19 heavy (non-hydrogen) atoms. The van der Waals surface area contributed by atoms with Crippen molar-refractivity contribution in [2.75, 3.05) is 7.11 Å². The maximum absolute atomic E-state index is 11.0. The second-order valence-corrected chi connectivity index (χ2v) is 5.46. The van der Waals surface area contributed by atoms with Crippen molar-refractivity contribution in [1.29, 1.82) is 0 Å². The summed E-state index contributed by atoms with van der Waals surface area (Å²) >= 11 is 0. The summed E-state index contributed by atoms with van der Waals surface area (Å²) < 4.78 is 7.48. The Balaban J connectivity index is 2.05. The molecule has 0 spiro atoms. The van der Waals surface area contributed by atoms with Crippen molar-refractivity contribution < 1.29 is 9.84 Å². The molecule has 0 amide bonds. The van der Waals surface area contributed by atoms with Gasteiger partial charge in [0, 0.05) is 25.1 Å². The van der Waals surface area contributed by atoms with Gasteiger partial charge in [-0.1, -0.05) is 18.9 Å². The lowest BCUT2D eigenvalue weighted by molar-refractivity contribution is -0.122. The molecule has 2 atom stereocenters.